The highest BCUT2D eigenvalue weighted by molar-refractivity contribution is 6.76. The van der Waals surface area contributed by atoms with E-state index >= 15 is 0 Å². The zero-order valence-electron chi connectivity index (χ0n) is 23.5. The van der Waals surface area contributed by atoms with Gasteiger partial charge in [-0.25, -0.2) is 4.68 Å². The third-order valence-corrected chi connectivity index (χ3v) is 7.93. The van der Waals surface area contributed by atoms with Crippen molar-refractivity contribution in [3.63, 3.8) is 0 Å². The molecule has 1 aliphatic rings. The van der Waals surface area contributed by atoms with E-state index in [0.29, 0.717) is 13.2 Å². The van der Waals surface area contributed by atoms with E-state index in [4.69, 9.17) is 9.47 Å². The summed E-state index contributed by atoms with van der Waals surface area (Å²) in [6.07, 6.45) is -3.67. The average molecular weight is 569 g/mol. The summed E-state index contributed by atoms with van der Waals surface area (Å²) in [7, 11) is -1.40. The largest absolute Gasteiger partial charge is 0.460 e. The molecule has 0 spiro atoms. The van der Waals surface area contributed by atoms with Crippen molar-refractivity contribution in [2.45, 2.75) is 84.0 Å². The lowest BCUT2D eigenvalue weighted by atomic mass is 10.0. The van der Waals surface area contributed by atoms with Gasteiger partial charge in [-0.15, -0.1) is 0 Å². The maximum atomic E-state index is 14.3. The smallest absolute Gasteiger partial charge is 0.423 e. The molecule has 8 nitrogen and oxygen atoms in total. The van der Waals surface area contributed by atoms with E-state index in [1.54, 1.807) is 25.7 Å². The van der Waals surface area contributed by atoms with Crippen LogP contribution in [0.3, 0.4) is 0 Å². The van der Waals surface area contributed by atoms with Gasteiger partial charge >= 0.3 is 12.1 Å². The van der Waals surface area contributed by atoms with Crippen molar-refractivity contribution >= 4 is 19.7 Å². The standard InChI is InChI=1S/C27H39F3N4O4Si/c1-26(2,3)38-23(35)11-12-31-15-21-20-10-8-7-9-19(20)17-33(21)22-16-32-34(18-37-13-14-39(4,5)6)25(36)24(22)27(28,29)30/h7-10,16,21,31H,11-15,17-18H2,1-6H3. The molecule has 1 aliphatic heterocycles. The summed E-state index contributed by atoms with van der Waals surface area (Å²) in [4.78, 5) is 26.6. The molecule has 0 amide bonds. The second-order valence-electron chi connectivity index (χ2n) is 11.9. The fraction of sp³-hybridized carbons (Fsp3) is 0.593. The first-order valence-electron chi connectivity index (χ1n) is 13.1. The molecule has 0 radical (unpaired) electrons. The summed E-state index contributed by atoms with van der Waals surface area (Å²) in [5.41, 5.74) is -1.66. The number of aromatic nitrogens is 2. The number of hydrogen-bond donors (Lipinski definition) is 1. The van der Waals surface area contributed by atoms with Gasteiger partial charge in [0.25, 0.3) is 5.56 Å². The zero-order chi connectivity index (χ0) is 29.0. The third-order valence-electron chi connectivity index (χ3n) is 6.22. The second kappa shape index (κ2) is 12.2. The number of rotatable bonds is 11. The van der Waals surface area contributed by atoms with E-state index in [0.717, 1.165) is 28.0 Å². The van der Waals surface area contributed by atoms with E-state index in [-0.39, 0.29) is 37.9 Å². The quantitative estimate of drug-likeness (QED) is 0.233. The average Bonchev–Trinajstić information content (AvgIpc) is 3.16. The first-order valence-corrected chi connectivity index (χ1v) is 16.8. The first kappa shape index (κ1) is 30.8. The molecule has 0 fully saturated rings. The van der Waals surface area contributed by atoms with Crippen LogP contribution < -0.4 is 15.8 Å². The molecule has 0 aliphatic carbocycles. The predicted molar refractivity (Wildman–Crippen MR) is 146 cm³/mol. The highest BCUT2D eigenvalue weighted by Gasteiger charge is 2.42. The normalized spacial score (nSPS) is 15.9. The highest BCUT2D eigenvalue weighted by atomic mass is 28.3. The minimum Gasteiger partial charge on any atom is -0.460 e. The molecule has 0 saturated carbocycles. The van der Waals surface area contributed by atoms with Crippen LogP contribution in [-0.2, 0) is 33.7 Å². The number of nitrogens with zero attached hydrogens (tertiary/aromatic N) is 3. The van der Waals surface area contributed by atoms with Crippen molar-refractivity contribution in [2.75, 3.05) is 24.6 Å². The Labute approximate surface area is 228 Å². The van der Waals surface area contributed by atoms with Crippen LogP contribution in [0.2, 0.25) is 25.7 Å². The summed E-state index contributed by atoms with van der Waals surface area (Å²) in [6.45, 7) is 12.6. The minimum absolute atomic E-state index is 0.120. The molecule has 216 valence electrons. The van der Waals surface area contributed by atoms with E-state index in [1.807, 2.05) is 24.3 Å². The molecular formula is C27H39F3N4O4Si. The Hall–Kier alpha value is -2.70. The number of carbonyl (C=O) groups is 1. The van der Waals surface area contributed by atoms with Gasteiger partial charge in [-0.2, -0.15) is 18.3 Å². The molecule has 12 heteroatoms. The second-order valence-corrected chi connectivity index (χ2v) is 17.6. The molecule has 3 rings (SSSR count). The van der Waals surface area contributed by atoms with Crippen LogP contribution in [0.25, 0.3) is 0 Å². The number of fused-ring (bicyclic) bond motifs is 1. The SMILES string of the molecule is CC(C)(C)OC(=O)CCNCC1c2ccccc2CN1c1cnn(COCC[Si](C)(C)C)c(=O)c1C(F)(F)F. The number of benzene rings is 1. The van der Waals surface area contributed by atoms with Gasteiger partial charge < -0.3 is 19.7 Å². The zero-order valence-corrected chi connectivity index (χ0v) is 24.5. The lowest BCUT2D eigenvalue weighted by Crippen LogP contribution is -2.38. The Morgan fingerprint density at radius 1 is 1.18 bits per heavy atom. The summed E-state index contributed by atoms with van der Waals surface area (Å²) in [6, 6.07) is 7.70. The maximum Gasteiger partial charge on any atom is 0.423 e. The van der Waals surface area contributed by atoms with Crippen LogP contribution in [-0.4, -0.2) is 49.1 Å². The van der Waals surface area contributed by atoms with Gasteiger partial charge in [0, 0.05) is 34.3 Å². The van der Waals surface area contributed by atoms with Crippen LogP contribution in [0.1, 0.15) is 49.9 Å². The monoisotopic (exact) mass is 568 g/mol. The Kier molecular flexibility index (Phi) is 9.66. The van der Waals surface area contributed by atoms with Crippen molar-refractivity contribution in [3.8, 4) is 0 Å². The lowest BCUT2D eigenvalue weighted by molar-refractivity contribution is -0.154. The minimum atomic E-state index is -4.89. The summed E-state index contributed by atoms with van der Waals surface area (Å²) >= 11 is 0. The van der Waals surface area contributed by atoms with Crippen molar-refractivity contribution in [2.24, 2.45) is 0 Å². The van der Waals surface area contributed by atoms with Gasteiger partial charge in [0.2, 0.25) is 0 Å². The van der Waals surface area contributed by atoms with Crippen LogP contribution in [0.5, 0.6) is 0 Å². The van der Waals surface area contributed by atoms with E-state index in [2.05, 4.69) is 30.1 Å². The molecule has 0 saturated heterocycles. The molecule has 1 aromatic carbocycles. The van der Waals surface area contributed by atoms with Gasteiger partial charge in [-0.1, -0.05) is 43.9 Å². The lowest BCUT2D eigenvalue weighted by Gasteiger charge is -2.29. The first-order chi connectivity index (χ1) is 18.1. The van der Waals surface area contributed by atoms with E-state index < -0.39 is 37.0 Å². The number of hydrogen-bond acceptors (Lipinski definition) is 7. The molecule has 2 aromatic rings. The number of ether oxygens (including phenoxy) is 2. The van der Waals surface area contributed by atoms with E-state index in [9.17, 15) is 22.8 Å². The van der Waals surface area contributed by atoms with Crippen LogP contribution in [0.15, 0.2) is 35.3 Å². The number of carbonyl (C=O) groups excluding carboxylic acids is 1. The fourth-order valence-electron chi connectivity index (χ4n) is 4.35. The van der Waals surface area contributed by atoms with Gasteiger partial charge in [0.1, 0.15) is 17.9 Å². The topological polar surface area (TPSA) is 85.7 Å². The molecule has 39 heavy (non-hydrogen) atoms. The Morgan fingerprint density at radius 3 is 2.51 bits per heavy atom. The van der Waals surface area contributed by atoms with Crippen molar-refractivity contribution < 1.29 is 27.4 Å². The molecule has 1 unspecified atom stereocenters. The Bertz CT molecular complexity index is 1210. The number of halogens is 3. The van der Waals surface area contributed by atoms with Gasteiger partial charge in [-0.3, -0.25) is 9.59 Å². The van der Waals surface area contributed by atoms with Gasteiger partial charge in [0.05, 0.1) is 24.3 Å². The summed E-state index contributed by atoms with van der Waals surface area (Å²) in [5, 5.41) is 7.22. The van der Waals surface area contributed by atoms with Crippen molar-refractivity contribution in [1.82, 2.24) is 15.1 Å². The van der Waals surface area contributed by atoms with Gasteiger partial charge in [-0.05, 0) is 37.9 Å². The molecular weight excluding hydrogens is 529 g/mol. The maximum absolute atomic E-state index is 14.3. The molecule has 0 bridgehead atoms. The van der Waals surface area contributed by atoms with Crippen LogP contribution in [0.4, 0.5) is 18.9 Å². The molecule has 2 heterocycles. The number of alkyl halides is 3. The van der Waals surface area contributed by atoms with E-state index in [1.165, 1.54) is 0 Å². The number of anilines is 1. The van der Waals surface area contributed by atoms with Crippen molar-refractivity contribution in [1.29, 1.82) is 0 Å². The third kappa shape index (κ3) is 8.64. The fourth-order valence-corrected chi connectivity index (χ4v) is 5.10. The number of nitrogens with one attached hydrogen (secondary N) is 1. The van der Waals surface area contributed by atoms with Crippen LogP contribution >= 0.6 is 0 Å². The van der Waals surface area contributed by atoms with Crippen LogP contribution in [0, 0.1) is 0 Å². The molecule has 1 atom stereocenters. The summed E-state index contributed by atoms with van der Waals surface area (Å²) in [5.74, 6) is -0.363. The molecule has 1 aromatic heterocycles. The predicted octanol–water partition coefficient (Wildman–Crippen LogP) is 4.96. The molecule has 1 N–H and O–H groups in total. The highest BCUT2D eigenvalue weighted by Crippen LogP contribution is 2.41. The Balaban J connectivity index is 1.83. The Morgan fingerprint density at radius 2 is 1.87 bits per heavy atom. The summed E-state index contributed by atoms with van der Waals surface area (Å²) < 4.78 is 54.5. The van der Waals surface area contributed by atoms with Gasteiger partial charge in [0.15, 0.2) is 0 Å². The number of esters is 1. The van der Waals surface area contributed by atoms with Crippen molar-refractivity contribution in [3.05, 3.63) is 57.5 Å².